The lowest BCUT2D eigenvalue weighted by Gasteiger charge is -2.10. The van der Waals surface area contributed by atoms with E-state index < -0.39 is 22.8 Å². The third kappa shape index (κ3) is 4.70. The first kappa shape index (κ1) is 16.2. The van der Waals surface area contributed by atoms with E-state index in [0.717, 1.165) is 6.33 Å². The molecule has 0 aliphatic heterocycles. The van der Waals surface area contributed by atoms with Gasteiger partial charge in [0.1, 0.15) is 12.1 Å². The largest absolute Gasteiger partial charge is 0.484 e. The summed E-state index contributed by atoms with van der Waals surface area (Å²) in [6, 6.07) is 5.67. The summed E-state index contributed by atoms with van der Waals surface area (Å²) in [7, 11) is -3.86. The van der Waals surface area contributed by atoms with Gasteiger partial charge in [-0.25, -0.2) is 23.2 Å². The second kappa shape index (κ2) is 6.32. The minimum Gasteiger partial charge on any atom is -0.484 e. The predicted molar refractivity (Wildman–Crippen MR) is 68.4 cm³/mol. The highest BCUT2D eigenvalue weighted by Gasteiger charge is 2.28. The first-order valence-corrected chi connectivity index (χ1v) is 7.38. The molecule has 0 saturated carbocycles. The van der Waals surface area contributed by atoms with E-state index in [0.29, 0.717) is 5.56 Å². The van der Waals surface area contributed by atoms with Crippen LogP contribution in [0.25, 0.3) is 0 Å². The number of nitrogens with zero attached hydrogens (tertiary/aromatic N) is 2. The highest BCUT2D eigenvalue weighted by Crippen LogP contribution is 2.19. The van der Waals surface area contributed by atoms with Crippen LogP contribution in [0.15, 0.2) is 35.7 Å². The molecule has 0 fully saturated rings. The molecule has 2 rings (SSSR count). The van der Waals surface area contributed by atoms with Gasteiger partial charge in [-0.1, -0.05) is 12.1 Å². The Morgan fingerprint density at radius 1 is 1.32 bits per heavy atom. The molecule has 11 heteroatoms. The molecule has 0 bridgehead atoms. The first-order chi connectivity index (χ1) is 10.3. The maximum Gasteiger partial charge on any atom is 0.422 e. The van der Waals surface area contributed by atoms with Gasteiger partial charge in [0, 0.05) is 6.54 Å². The summed E-state index contributed by atoms with van der Waals surface area (Å²) in [6.45, 7) is -1.55. The normalized spacial score (nSPS) is 12.3. The molecular formula is C11H11F3N4O3S. The van der Waals surface area contributed by atoms with Crippen molar-refractivity contribution in [3.63, 3.8) is 0 Å². The van der Waals surface area contributed by atoms with Crippen molar-refractivity contribution in [2.24, 2.45) is 0 Å². The molecular weight excluding hydrogens is 325 g/mol. The van der Waals surface area contributed by atoms with Gasteiger partial charge in [-0.05, 0) is 17.7 Å². The summed E-state index contributed by atoms with van der Waals surface area (Å²) in [5.41, 5.74) is 0.433. The molecule has 1 aromatic heterocycles. The van der Waals surface area contributed by atoms with Crippen LogP contribution in [0.4, 0.5) is 13.2 Å². The van der Waals surface area contributed by atoms with Crippen molar-refractivity contribution in [3.8, 4) is 5.75 Å². The molecule has 2 N–H and O–H groups in total. The van der Waals surface area contributed by atoms with Crippen molar-refractivity contribution in [1.29, 1.82) is 0 Å². The Balaban J connectivity index is 1.99. The van der Waals surface area contributed by atoms with Crippen LogP contribution in [0.5, 0.6) is 5.75 Å². The zero-order chi connectivity index (χ0) is 16.2. The fourth-order valence-corrected chi connectivity index (χ4v) is 2.33. The van der Waals surface area contributed by atoms with Crippen LogP contribution in [0, 0.1) is 0 Å². The Bertz CT molecular complexity index is 716. The number of halogens is 3. The number of sulfonamides is 1. The number of hydrogen-bond donors (Lipinski definition) is 2. The van der Waals surface area contributed by atoms with Gasteiger partial charge in [0.05, 0.1) is 0 Å². The molecule has 120 valence electrons. The molecule has 0 radical (unpaired) electrons. The smallest absolute Gasteiger partial charge is 0.422 e. The quantitative estimate of drug-likeness (QED) is 0.827. The molecule has 7 nitrogen and oxygen atoms in total. The summed E-state index contributed by atoms with van der Waals surface area (Å²) in [5.74, 6) is -0.00584. The van der Waals surface area contributed by atoms with Gasteiger partial charge < -0.3 is 4.74 Å². The van der Waals surface area contributed by atoms with Crippen molar-refractivity contribution in [1.82, 2.24) is 19.9 Å². The summed E-state index contributed by atoms with van der Waals surface area (Å²) in [4.78, 5) is 3.51. The topological polar surface area (TPSA) is 97.0 Å². The van der Waals surface area contributed by atoms with E-state index in [1.165, 1.54) is 18.2 Å². The van der Waals surface area contributed by atoms with E-state index >= 15 is 0 Å². The molecule has 1 heterocycles. The van der Waals surface area contributed by atoms with Crippen molar-refractivity contribution >= 4 is 10.0 Å². The SMILES string of the molecule is O=S(=O)(NCc1cccc(OCC(F)(F)F)c1)c1ncn[nH]1. The molecule has 0 aliphatic rings. The first-order valence-electron chi connectivity index (χ1n) is 5.90. The summed E-state index contributed by atoms with van der Waals surface area (Å²) in [5, 5.41) is 5.27. The molecule has 0 atom stereocenters. The molecule has 0 unspecified atom stereocenters. The number of benzene rings is 1. The number of aromatic amines is 1. The fraction of sp³-hybridized carbons (Fsp3) is 0.273. The van der Waals surface area contributed by atoms with E-state index in [1.54, 1.807) is 6.07 Å². The maximum absolute atomic E-state index is 12.1. The Morgan fingerprint density at radius 3 is 2.73 bits per heavy atom. The minimum atomic E-state index is -4.44. The summed E-state index contributed by atoms with van der Waals surface area (Å²) in [6.07, 6.45) is -3.40. The average molecular weight is 336 g/mol. The van der Waals surface area contributed by atoms with Gasteiger partial charge in [0.25, 0.3) is 15.2 Å². The third-order valence-electron chi connectivity index (χ3n) is 2.41. The highest BCUT2D eigenvalue weighted by atomic mass is 32.2. The lowest BCUT2D eigenvalue weighted by Crippen LogP contribution is -2.24. The number of ether oxygens (including phenoxy) is 1. The summed E-state index contributed by atoms with van der Waals surface area (Å²) < 4.78 is 66.6. The Labute approximate surface area is 123 Å². The van der Waals surface area contributed by atoms with Gasteiger partial charge in [-0.15, -0.1) is 0 Å². The van der Waals surface area contributed by atoms with Crippen LogP contribution in [0.1, 0.15) is 5.56 Å². The van der Waals surface area contributed by atoms with Gasteiger partial charge in [-0.3, -0.25) is 0 Å². The summed E-state index contributed by atoms with van der Waals surface area (Å²) >= 11 is 0. The average Bonchev–Trinajstić information content (AvgIpc) is 2.98. The van der Waals surface area contributed by atoms with Gasteiger partial charge in [0.2, 0.25) is 0 Å². The van der Waals surface area contributed by atoms with Crippen LogP contribution < -0.4 is 9.46 Å². The molecule has 2 aromatic rings. The number of nitrogens with one attached hydrogen (secondary N) is 2. The standard InChI is InChI=1S/C11H11F3N4O3S/c12-11(13,14)6-21-9-3-1-2-8(4-9)5-17-22(19,20)10-15-7-16-18-10/h1-4,7,17H,5-6H2,(H,15,16,18). The zero-order valence-electron chi connectivity index (χ0n) is 11.0. The molecule has 1 aromatic carbocycles. The zero-order valence-corrected chi connectivity index (χ0v) is 11.8. The van der Waals surface area contributed by atoms with Crippen molar-refractivity contribution < 1.29 is 26.3 Å². The van der Waals surface area contributed by atoms with E-state index in [4.69, 9.17) is 0 Å². The van der Waals surface area contributed by atoms with Gasteiger partial charge >= 0.3 is 6.18 Å². The Morgan fingerprint density at radius 2 is 2.09 bits per heavy atom. The fourth-order valence-electron chi connectivity index (χ4n) is 1.48. The number of hydrogen-bond acceptors (Lipinski definition) is 5. The lowest BCUT2D eigenvalue weighted by molar-refractivity contribution is -0.153. The van der Waals surface area contributed by atoms with E-state index in [1.807, 2.05) is 0 Å². The Hall–Kier alpha value is -2.14. The van der Waals surface area contributed by atoms with Crippen LogP contribution in [-0.4, -0.2) is 36.4 Å². The number of alkyl halides is 3. The van der Waals surface area contributed by atoms with E-state index in [-0.39, 0.29) is 17.5 Å². The van der Waals surface area contributed by atoms with E-state index in [2.05, 4.69) is 24.6 Å². The van der Waals surface area contributed by atoms with Gasteiger partial charge in [0.15, 0.2) is 6.61 Å². The van der Waals surface area contributed by atoms with Gasteiger partial charge in [-0.2, -0.15) is 18.3 Å². The number of H-pyrrole nitrogens is 1. The van der Waals surface area contributed by atoms with Crippen LogP contribution >= 0.6 is 0 Å². The second-order valence-electron chi connectivity index (χ2n) is 4.17. The van der Waals surface area contributed by atoms with E-state index in [9.17, 15) is 21.6 Å². The van der Waals surface area contributed by atoms with Crippen molar-refractivity contribution in [2.45, 2.75) is 17.9 Å². The lowest BCUT2D eigenvalue weighted by atomic mass is 10.2. The van der Waals surface area contributed by atoms with Crippen LogP contribution in [-0.2, 0) is 16.6 Å². The second-order valence-corrected chi connectivity index (χ2v) is 5.85. The van der Waals surface area contributed by atoms with Crippen LogP contribution in [0.2, 0.25) is 0 Å². The van der Waals surface area contributed by atoms with Crippen molar-refractivity contribution in [3.05, 3.63) is 36.2 Å². The molecule has 0 saturated heterocycles. The molecule has 0 amide bonds. The predicted octanol–water partition coefficient (Wildman–Crippen LogP) is 1.22. The number of aromatic nitrogens is 3. The highest BCUT2D eigenvalue weighted by molar-refractivity contribution is 7.89. The third-order valence-corrected chi connectivity index (χ3v) is 3.64. The monoisotopic (exact) mass is 336 g/mol. The molecule has 0 spiro atoms. The van der Waals surface area contributed by atoms with Crippen molar-refractivity contribution in [2.75, 3.05) is 6.61 Å². The Kier molecular flexibility index (Phi) is 4.66. The number of rotatable bonds is 6. The minimum absolute atomic E-state index is 0.00584. The molecule has 0 aliphatic carbocycles. The maximum atomic E-state index is 12.1. The molecule has 22 heavy (non-hydrogen) atoms. The van der Waals surface area contributed by atoms with Crippen LogP contribution in [0.3, 0.4) is 0 Å².